The number of piperidine rings is 1. The molecule has 0 spiro atoms. The first-order valence-electron chi connectivity index (χ1n) is 12.6. The zero-order chi connectivity index (χ0) is 25.1. The van der Waals surface area contributed by atoms with Gasteiger partial charge in [0.15, 0.2) is 0 Å². The van der Waals surface area contributed by atoms with Gasteiger partial charge in [-0.1, -0.05) is 43.3 Å². The van der Waals surface area contributed by atoms with Crippen LogP contribution < -0.4 is 5.32 Å². The first-order valence-corrected chi connectivity index (χ1v) is 12.6. The number of carbonyl (C=O) groups is 2. The van der Waals surface area contributed by atoms with Crippen molar-refractivity contribution in [3.8, 4) is 0 Å². The molecule has 1 aliphatic rings. The number of likely N-dealkylation sites (tertiary alicyclic amines) is 1. The predicted molar refractivity (Wildman–Crippen MR) is 141 cm³/mol. The van der Waals surface area contributed by atoms with Crippen LogP contribution in [0.25, 0.3) is 11.0 Å². The van der Waals surface area contributed by atoms with Crippen molar-refractivity contribution < 1.29 is 9.59 Å². The van der Waals surface area contributed by atoms with E-state index in [1.54, 1.807) is 12.3 Å². The molecular weight excluding hydrogens is 450 g/mol. The van der Waals surface area contributed by atoms with Gasteiger partial charge in [0.25, 0.3) is 5.91 Å². The summed E-state index contributed by atoms with van der Waals surface area (Å²) < 4.78 is 2.01. The van der Waals surface area contributed by atoms with Gasteiger partial charge in [-0.2, -0.15) is 0 Å². The fraction of sp³-hybridized carbons (Fsp3) is 0.310. The van der Waals surface area contributed by atoms with E-state index in [9.17, 15) is 9.59 Å². The lowest BCUT2D eigenvalue weighted by atomic mass is 9.97. The second-order valence-corrected chi connectivity index (χ2v) is 9.31. The Hall–Kier alpha value is -4.00. The van der Waals surface area contributed by atoms with Crippen LogP contribution >= 0.6 is 0 Å². The van der Waals surface area contributed by atoms with Crippen LogP contribution in [0.5, 0.6) is 0 Å². The summed E-state index contributed by atoms with van der Waals surface area (Å²) in [5, 5.41) is 2.93. The minimum Gasteiger partial charge on any atom is -0.330 e. The molecular formula is C29H31N5O2. The Balaban J connectivity index is 1.60. The van der Waals surface area contributed by atoms with Gasteiger partial charge in [0.1, 0.15) is 5.82 Å². The van der Waals surface area contributed by atoms with E-state index in [0.29, 0.717) is 36.2 Å². The Morgan fingerprint density at radius 3 is 2.61 bits per heavy atom. The number of hydrogen-bond donors (Lipinski definition) is 1. The number of rotatable bonds is 6. The van der Waals surface area contributed by atoms with E-state index in [1.165, 1.54) is 0 Å². The maximum atomic E-state index is 14.2. The van der Waals surface area contributed by atoms with Crippen molar-refractivity contribution in [2.24, 2.45) is 7.05 Å². The van der Waals surface area contributed by atoms with E-state index in [0.717, 1.165) is 41.9 Å². The molecule has 0 saturated carbocycles. The number of aromatic nitrogens is 3. The van der Waals surface area contributed by atoms with Crippen molar-refractivity contribution in [2.75, 3.05) is 11.9 Å². The van der Waals surface area contributed by atoms with Crippen LogP contribution in [-0.2, 0) is 18.3 Å². The SMILES string of the molecule is CCC(=O)Nc1cc(C(=O)N2CCCC[C@H]2c2ccccn2)c2c(c1)nc(Cc1ccccc1)n2C. The number of imidazole rings is 1. The normalized spacial score (nSPS) is 15.7. The Kier molecular flexibility index (Phi) is 6.80. The van der Waals surface area contributed by atoms with Crippen LogP contribution in [0.4, 0.5) is 5.69 Å². The molecule has 0 bridgehead atoms. The molecule has 3 heterocycles. The number of anilines is 1. The number of carbonyl (C=O) groups excluding carboxylic acids is 2. The molecule has 7 heteroatoms. The van der Waals surface area contributed by atoms with Crippen LogP contribution in [0.2, 0.25) is 0 Å². The van der Waals surface area contributed by atoms with Crippen molar-refractivity contribution >= 4 is 28.5 Å². The Bertz CT molecular complexity index is 1380. The largest absolute Gasteiger partial charge is 0.330 e. The van der Waals surface area contributed by atoms with Gasteiger partial charge in [-0.15, -0.1) is 0 Å². The van der Waals surface area contributed by atoms with Gasteiger partial charge in [-0.05, 0) is 49.1 Å². The molecule has 184 valence electrons. The van der Waals surface area contributed by atoms with Crippen LogP contribution in [-0.4, -0.2) is 37.8 Å². The highest BCUT2D eigenvalue weighted by Gasteiger charge is 2.31. The summed E-state index contributed by atoms with van der Waals surface area (Å²) >= 11 is 0. The fourth-order valence-corrected chi connectivity index (χ4v) is 5.03. The average molecular weight is 482 g/mol. The Morgan fingerprint density at radius 1 is 1.06 bits per heavy atom. The second kappa shape index (κ2) is 10.3. The highest BCUT2D eigenvalue weighted by Crippen LogP contribution is 2.34. The third-order valence-corrected chi connectivity index (χ3v) is 6.90. The van der Waals surface area contributed by atoms with Gasteiger partial charge in [-0.3, -0.25) is 14.6 Å². The zero-order valence-electron chi connectivity index (χ0n) is 20.8. The standard InChI is InChI=1S/C29H31N5O2/c1-3-27(35)31-21-18-22(29(36)34-16-10-8-14-25(34)23-13-7-9-15-30-23)28-24(19-21)32-26(33(28)2)17-20-11-5-4-6-12-20/h4-7,9,11-13,15,18-19,25H,3,8,10,14,16-17H2,1-2H3,(H,31,35)/t25-/m0/s1. The highest BCUT2D eigenvalue weighted by atomic mass is 16.2. The molecule has 1 N–H and O–H groups in total. The van der Waals surface area contributed by atoms with Gasteiger partial charge in [-0.25, -0.2) is 4.98 Å². The predicted octanol–water partition coefficient (Wildman–Crippen LogP) is 5.28. The first-order chi connectivity index (χ1) is 17.5. The number of benzene rings is 2. The van der Waals surface area contributed by atoms with Crippen molar-refractivity contribution in [1.82, 2.24) is 19.4 Å². The van der Waals surface area contributed by atoms with Gasteiger partial charge in [0, 0.05) is 38.3 Å². The molecule has 1 saturated heterocycles. The van der Waals surface area contributed by atoms with E-state index in [-0.39, 0.29) is 17.9 Å². The minimum atomic E-state index is -0.0995. The summed E-state index contributed by atoms with van der Waals surface area (Å²) in [6.07, 6.45) is 5.67. The molecule has 2 aromatic heterocycles. The van der Waals surface area contributed by atoms with Crippen LogP contribution in [0.15, 0.2) is 66.9 Å². The number of hydrogen-bond acceptors (Lipinski definition) is 4. The fourth-order valence-electron chi connectivity index (χ4n) is 5.03. The minimum absolute atomic E-state index is 0.0581. The third kappa shape index (κ3) is 4.73. The number of aryl methyl sites for hydroxylation is 1. The van der Waals surface area contributed by atoms with E-state index in [1.807, 2.05) is 65.9 Å². The van der Waals surface area contributed by atoms with Gasteiger partial charge < -0.3 is 14.8 Å². The smallest absolute Gasteiger partial charge is 0.256 e. The van der Waals surface area contributed by atoms with E-state index in [2.05, 4.69) is 22.4 Å². The molecule has 2 aromatic carbocycles. The molecule has 1 fully saturated rings. The van der Waals surface area contributed by atoms with Crippen molar-refractivity contribution in [3.05, 3.63) is 89.5 Å². The maximum Gasteiger partial charge on any atom is 0.256 e. The van der Waals surface area contributed by atoms with Crippen LogP contribution in [0.1, 0.15) is 66.1 Å². The number of amides is 2. The first kappa shape index (κ1) is 23.7. The molecule has 1 atom stereocenters. The number of nitrogens with zero attached hydrogens (tertiary/aromatic N) is 4. The van der Waals surface area contributed by atoms with E-state index in [4.69, 9.17) is 4.98 Å². The van der Waals surface area contributed by atoms with Crippen molar-refractivity contribution in [1.29, 1.82) is 0 Å². The van der Waals surface area contributed by atoms with Gasteiger partial charge in [0.05, 0.1) is 28.3 Å². The summed E-state index contributed by atoms with van der Waals surface area (Å²) in [5.41, 5.74) is 4.68. The maximum absolute atomic E-state index is 14.2. The topological polar surface area (TPSA) is 80.1 Å². The molecule has 7 nitrogen and oxygen atoms in total. The molecule has 1 aliphatic heterocycles. The summed E-state index contributed by atoms with van der Waals surface area (Å²) in [6.45, 7) is 2.48. The van der Waals surface area contributed by atoms with Crippen LogP contribution in [0, 0.1) is 0 Å². The molecule has 5 rings (SSSR count). The molecule has 2 amide bonds. The Labute approximate surface area is 211 Å². The average Bonchev–Trinajstić information content (AvgIpc) is 3.23. The molecule has 0 radical (unpaired) electrons. The lowest BCUT2D eigenvalue weighted by Crippen LogP contribution is -2.39. The summed E-state index contributed by atoms with van der Waals surface area (Å²) in [5.74, 6) is 0.707. The number of nitrogens with one attached hydrogen (secondary N) is 1. The summed E-state index contributed by atoms with van der Waals surface area (Å²) in [6, 6.07) is 19.6. The van der Waals surface area contributed by atoms with Crippen molar-refractivity contribution in [2.45, 2.75) is 45.1 Å². The molecule has 4 aromatic rings. The highest BCUT2D eigenvalue weighted by molar-refractivity contribution is 6.08. The molecule has 0 unspecified atom stereocenters. The molecule has 36 heavy (non-hydrogen) atoms. The van der Waals surface area contributed by atoms with Crippen LogP contribution in [0.3, 0.4) is 0 Å². The number of fused-ring (bicyclic) bond motifs is 1. The second-order valence-electron chi connectivity index (χ2n) is 9.31. The van der Waals surface area contributed by atoms with E-state index >= 15 is 0 Å². The lowest BCUT2D eigenvalue weighted by Gasteiger charge is -2.35. The Morgan fingerprint density at radius 2 is 1.86 bits per heavy atom. The summed E-state index contributed by atoms with van der Waals surface area (Å²) in [4.78, 5) is 37.8. The third-order valence-electron chi connectivity index (χ3n) is 6.90. The summed E-state index contributed by atoms with van der Waals surface area (Å²) in [7, 11) is 1.96. The van der Waals surface area contributed by atoms with Gasteiger partial charge in [0.2, 0.25) is 5.91 Å². The quantitative estimate of drug-likeness (QED) is 0.407. The van der Waals surface area contributed by atoms with E-state index < -0.39 is 0 Å². The number of pyridine rings is 1. The lowest BCUT2D eigenvalue weighted by molar-refractivity contribution is -0.115. The zero-order valence-corrected chi connectivity index (χ0v) is 20.8. The van der Waals surface area contributed by atoms with Crippen molar-refractivity contribution in [3.63, 3.8) is 0 Å². The molecule has 0 aliphatic carbocycles. The van der Waals surface area contributed by atoms with Gasteiger partial charge >= 0.3 is 0 Å². The monoisotopic (exact) mass is 481 g/mol.